The van der Waals surface area contributed by atoms with Crippen molar-refractivity contribution < 1.29 is 9.59 Å². The van der Waals surface area contributed by atoms with Crippen LogP contribution in [0.5, 0.6) is 0 Å². The van der Waals surface area contributed by atoms with Crippen LogP contribution in [0.4, 0.5) is 5.82 Å². The molecule has 1 N–H and O–H groups in total. The molecule has 0 unspecified atom stereocenters. The van der Waals surface area contributed by atoms with E-state index in [-0.39, 0.29) is 18.4 Å². The van der Waals surface area contributed by atoms with Gasteiger partial charge in [-0.25, -0.2) is 4.98 Å². The average Bonchev–Trinajstić information content (AvgIpc) is 2.67. The largest absolute Gasteiger partial charge is 0.370 e. The summed E-state index contributed by atoms with van der Waals surface area (Å²) in [6.07, 6.45) is 3.42. The second kappa shape index (κ2) is 7.06. The molecular formula is C15H22N4O2. The molecule has 1 aromatic rings. The van der Waals surface area contributed by atoms with E-state index in [1.165, 1.54) is 0 Å². The van der Waals surface area contributed by atoms with Crippen molar-refractivity contribution in [3.63, 3.8) is 0 Å². The lowest BCUT2D eigenvalue weighted by Gasteiger charge is -2.20. The number of nitrogens with one attached hydrogen (secondary N) is 1. The van der Waals surface area contributed by atoms with E-state index >= 15 is 0 Å². The molecule has 0 spiro atoms. The van der Waals surface area contributed by atoms with Crippen LogP contribution in [0, 0.1) is 0 Å². The first-order chi connectivity index (χ1) is 10.1. The third-order valence-corrected chi connectivity index (χ3v) is 3.52. The van der Waals surface area contributed by atoms with Crippen LogP contribution in [0.25, 0.3) is 0 Å². The van der Waals surface area contributed by atoms with E-state index in [0.717, 1.165) is 19.4 Å². The average molecular weight is 290 g/mol. The molecular weight excluding hydrogens is 268 g/mol. The highest BCUT2D eigenvalue weighted by Gasteiger charge is 2.23. The normalized spacial score (nSPS) is 15.8. The Hall–Kier alpha value is -2.11. The van der Waals surface area contributed by atoms with Gasteiger partial charge in [0.1, 0.15) is 12.4 Å². The van der Waals surface area contributed by atoms with Gasteiger partial charge in [0.2, 0.25) is 5.91 Å². The Kier molecular flexibility index (Phi) is 5.14. The highest BCUT2D eigenvalue weighted by Crippen LogP contribution is 2.12. The van der Waals surface area contributed by atoms with Crippen LogP contribution in [0.15, 0.2) is 18.3 Å². The zero-order valence-electron chi connectivity index (χ0n) is 12.6. The van der Waals surface area contributed by atoms with E-state index in [1.54, 1.807) is 35.2 Å². The number of aromatic nitrogens is 1. The van der Waals surface area contributed by atoms with Crippen molar-refractivity contribution in [2.45, 2.75) is 19.8 Å². The van der Waals surface area contributed by atoms with Gasteiger partial charge in [0.15, 0.2) is 0 Å². The molecule has 0 aromatic carbocycles. The van der Waals surface area contributed by atoms with Crippen molar-refractivity contribution in [3.05, 3.63) is 23.9 Å². The minimum atomic E-state index is -0.111. The molecule has 2 amide bonds. The Balaban J connectivity index is 2.10. The maximum atomic E-state index is 12.5. The van der Waals surface area contributed by atoms with Gasteiger partial charge >= 0.3 is 0 Å². The van der Waals surface area contributed by atoms with E-state index in [9.17, 15) is 9.59 Å². The molecule has 2 rings (SSSR count). The fourth-order valence-corrected chi connectivity index (χ4v) is 2.26. The van der Waals surface area contributed by atoms with Gasteiger partial charge in [-0.3, -0.25) is 9.59 Å². The van der Waals surface area contributed by atoms with Gasteiger partial charge < -0.3 is 15.1 Å². The Morgan fingerprint density at radius 1 is 1.43 bits per heavy atom. The fourth-order valence-electron chi connectivity index (χ4n) is 2.26. The molecule has 1 fully saturated rings. The first-order valence-electron chi connectivity index (χ1n) is 7.35. The van der Waals surface area contributed by atoms with E-state index in [1.807, 2.05) is 0 Å². The maximum Gasteiger partial charge on any atom is 0.254 e. The smallest absolute Gasteiger partial charge is 0.254 e. The first kappa shape index (κ1) is 15.3. The third-order valence-electron chi connectivity index (χ3n) is 3.52. The topological polar surface area (TPSA) is 65.5 Å². The quantitative estimate of drug-likeness (QED) is 0.905. The number of anilines is 1. The molecule has 2 heterocycles. The monoisotopic (exact) mass is 290 g/mol. The lowest BCUT2D eigenvalue weighted by atomic mass is 10.2. The number of rotatable bonds is 4. The van der Waals surface area contributed by atoms with Gasteiger partial charge in [0.25, 0.3) is 5.91 Å². The minimum absolute atomic E-state index is 0.0146. The Bertz CT molecular complexity index is 518. The number of nitrogens with zero attached hydrogens (tertiary/aromatic N) is 3. The van der Waals surface area contributed by atoms with Crippen molar-refractivity contribution in [2.75, 3.05) is 38.5 Å². The molecule has 6 nitrogen and oxygen atoms in total. The van der Waals surface area contributed by atoms with E-state index < -0.39 is 0 Å². The number of hydrogen-bond acceptors (Lipinski definition) is 4. The van der Waals surface area contributed by atoms with Crippen molar-refractivity contribution in [2.24, 2.45) is 0 Å². The van der Waals surface area contributed by atoms with E-state index in [4.69, 9.17) is 0 Å². The summed E-state index contributed by atoms with van der Waals surface area (Å²) in [5, 5.41) is 3.16. The molecule has 1 saturated heterocycles. The fraction of sp³-hybridized carbons (Fsp3) is 0.533. The van der Waals surface area contributed by atoms with Crippen LogP contribution in [0.3, 0.4) is 0 Å². The summed E-state index contributed by atoms with van der Waals surface area (Å²) in [6.45, 7) is 4.34. The molecule has 0 aliphatic carbocycles. The van der Waals surface area contributed by atoms with Gasteiger partial charge in [0, 0.05) is 38.4 Å². The number of pyridine rings is 1. The lowest BCUT2D eigenvalue weighted by Crippen LogP contribution is -2.38. The third kappa shape index (κ3) is 3.93. The summed E-state index contributed by atoms with van der Waals surface area (Å²) < 4.78 is 0. The Labute approximate surface area is 125 Å². The summed E-state index contributed by atoms with van der Waals surface area (Å²) >= 11 is 0. The van der Waals surface area contributed by atoms with Gasteiger partial charge in [-0.2, -0.15) is 0 Å². The second-order valence-corrected chi connectivity index (χ2v) is 5.25. The molecule has 1 aliphatic heterocycles. The zero-order chi connectivity index (χ0) is 15.2. The highest BCUT2D eigenvalue weighted by molar-refractivity contribution is 5.97. The molecule has 114 valence electrons. The molecule has 0 radical (unpaired) electrons. The molecule has 1 aromatic heterocycles. The van der Waals surface area contributed by atoms with Crippen LogP contribution >= 0.6 is 0 Å². The maximum absolute atomic E-state index is 12.5. The van der Waals surface area contributed by atoms with Crippen molar-refractivity contribution in [1.29, 1.82) is 0 Å². The summed E-state index contributed by atoms with van der Waals surface area (Å²) in [6, 6.07) is 3.44. The molecule has 0 atom stereocenters. The van der Waals surface area contributed by atoms with Crippen LogP contribution in [-0.2, 0) is 4.79 Å². The number of likely N-dealkylation sites (N-methyl/N-ethyl adjacent to an activating group) is 1. The molecule has 0 bridgehead atoms. The predicted octanol–water partition coefficient (Wildman–Crippen LogP) is 1.21. The highest BCUT2D eigenvalue weighted by atomic mass is 16.2. The molecule has 0 saturated carbocycles. The van der Waals surface area contributed by atoms with Crippen LogP contribution < -0.4 is 5.32 Å². The van der Waals surface area contributed by atoms with Gasteiger partial charge in [0.05, 0.1) is 0 Å². The first-order valence-corrected chi connectivity index (χ1v) is 7.35. The minimum Gasteiger partial charge on any atom is -0.370 e. The zero-order valence-corrected chi connectivity index (χ0v) is 12.6. The van der Waals surface area contributed by atoms with Crippen LogP contribution in [0.2, 0.25) is 0 Å². The lowest BCUT2D eigenvalue weighted by molar-refractivity contribution is -0.129. The summed E-state index contributed by atoms with van der Waals surface area (Å²) in [5.74, 6) is 0.570. The Morgan fingerprint density at radius 3 is 3.00 bits per heavy atom. The Morgan fingerprint density at radius 2 is 2.24 bits per heavy atom. The van der Waals surface area contributed by atoms with Crippen molar-refractivity contribution >= 4 is 17.6 Å². The molecule has 6 heteroatoms. The number of amides is 2. The van der Waals surface area contributed by atoms with Crippen LogP contribution in [-0.4, -0.2) is 59.8 Å². The number of carbonyl (C=O) groups is 2. The van der Waals surface area contributed by atoms with Crippen molar-refractivity contribution in [1.82, 2.24) is 14.8 Å². The molecule has 21 heavy (non-hydrogen) atoms. The summed E-state index contributed by atoms with van der Waals surface area (Å²) in [4.78, 5) is 31.9. The SMILES string of the molecule is CCCNc1cc(C(=O)N2CCCN(C)C(=O)C2)ccn1. The van der Waals surface area contributed by atoms with Gasteiger partial charge in [-0.15, -0.1) is 0 Å². The predicted molar refractivity (Wildman–Crippen MR) is 81.2 cm³/mol. The number of hydrogen-bond donors (Lipinski definition) is 1. The van der Waals surface area contributed by atoms with Gasteiger partial charge in [-0.1, -0.05) is 6.92 Å². The van der Waals surface area contributed by atoms with E-state index in [2.05, 4.69) is 17.2 Å². The number of carbonyl (C=O) groups excluding carboxylic acids is 2. The summed E-state index contributed by atoms with van der Waals surface area (Å²) in [5.41, 5.74) is 0.570. The standard InChI is InChI=1S/C15H22N4O2/c1-3-6-16-13-10-12(5-7-17-13)15(21)19-9-4-8-18(2)14(20)11-19/h5,7,10H,3-4,6,8-9,11H2,1-2H3,(H,16,17). The van der Waals surface area contributed by atoms with Gasteiger partial charge in [-0.05, 0) is 25.0 Å². The molecule has 1 aliphatic rings. The van der Waals surface area contributed by atoms with Crippen LogP contribution in [0.1, 0.15) is 30.1 Å². The second-order valence-electron chi connectivity index (χ2n) is 5.25. The van der Waals surface area contributed by atoms with E-state index in [0.29, 0.717) is 24.5 Å². The summed E-state index contributed by atoms with van der Waals surface area (Å²) in [7, 11) is 1.77. The van der Waals surface area contributed by atoms with Crippen molar-refractivity contribution in [3.8, 4) is 0 Å².